The number of hydrogen-bond acceptors (Lipinski definition) is 6. The number of aromatic nitrogens is 2. The summed E-state index contributed by atoms with van der Waals surface area (Å²) in [4.78, 5) is 30.1. The van der Waals surface area contributed by atoms with Gasteiger partial charge >= 0.3 is 0 Å². The van der Waals surface area contributed by atoms with E-state index >= 15 is 0 Å². The van der Waals surface area contributed by atoms with Crippen molar-refractivity contribution in [1.29, 1.82) is 0 Å². The van der Waals surface area contributed by atoms with Crippen molar-refractivity contribution in [3.05, 3.63) is 88.6 Å². The number of benzene rings is 2. The second-order valence-electron chi connectivity index (χ2n) is 8.00. The van der Waals surface area contributed by atoms with Crippen LogP contribution in [0, 0.1) is 5.82 Å². The SMILES string of the molecule is O=COc1cn(Cc2ccc(-c3ccc(N4CCOCC4)nc3)cc2)c2c(F)cccc2c1=O. The minimum absolute atomic E-state index is 0.142. The van der Waals surface area contributed by atoms with E-state index in [4.69, 9.17) is 9.47 Å². The van der Waals surface area contributed by atoms with Crippen LogP contribution in [0.4, 0.5) is 10.2 Å². The predicted octanol–water partition coefficient (Wildman–Crippen LogP) is 3.62. The highest BCUT2D eigenvalue weighted by Crippen LogP contribution is 2.24. The molecule has 0 bridgehead atoms. The second kappa shape index (κ2) is 9.44. The molecule has 1 fully saturated rings. The molecule has 2 aromatic carbocycles. The Kier molecular flexibility index (Phi) is 6.05. The zero-order chi connectivity index (χ0) is 23.5. The summed E-state index contributed by atoms with van der Waals surface area (Å²) >= 11 is 0. The zero-order valence-electron chi connectivity index (χ0n) is 18.3. The third-order valence-corrected chi connectivity index (χ3v) is 5.91. The number of anilines is 1. The molecule has 7 nitrogen and oxygen atoms in total. The zero-order valence-corrected chi connectivity index (χ0v) is 18.3. The minimum atomic E-state index is -0.527. The van der Waals surface area contributed by atoms with Crippen molar-refractivity contribution < 1.29 is 18.7 Å². The van der Waals surface area contributed by atoms with Crippen LogP contribution in [0.5, 0.6) is 5.75 Å². The van der Waals surface area contributed by atoms with E-state index in [1.165, 1.54) is 24.4 Å². The molecule has 0 radical (unpaired) electrons. The van der Waals surface area contributed by atoms with Gasteiger partial charge in [-0.25, -0.2) is 9.37 Å². The number of carbonyl (C=O) groups excluding carboxylic acids is 1. The third-order valence-electron chi connectivity index (χ3n) is 5.91. The van der Waals surface area contributed by atoms with E-state index in [-0.39, 0.29) is 23.1 Å². The fraction of sp³-hybridized carbons (Fsp3) is 0.192. The molecule has 0 atom stereocenters. The normalized spacial score (nSPS) is 13.7. The Morgan fingerprint density at radius 3 is 2.50 bits per heavy atom. The monoisotopic (exact) mass is 459 g/mol. The average molecular weight is 459 g/mol. The summed E-state index contributed by atoms with van der Waals surface area (Å²) in [6, 6.07) is 16.2. The van der Waals surface area contributed by atoms with Crippen molar-refractivity contribution in [2.75, 3.05) is 31.2 Å². The number of nitrogens with zero attached hydrogens (tertiary/aromatic N) is 3. The summed E-state index contributed by atoms with van der Waals surface area (Å²) in [5.41, 5.74) is 2.53. The van der Waals surface area contributed by atoms with E-state index in [9.17, 15) is 14.0 Å². The smallest absolute Gasteiger partial charge is 0.298 e. The number of halogens is 1. The number of hydrogen-bond donors (Lipinski definition) is 0. The van der Waals surface area contributed by atoms with Crippen molar-refractivity contribution in [3.63, 3.8) is 0 Å². The Morgan fingerprint density at radius 2 is 1.79 bits per heavy atom. The quantitative estimate of drug-likeness (QED) is 0.410. The first-order chi connectivity index (χ1) is 16.6. The van der Waals surface area contributed by atoms with E-state index in [1.54, 1.807) is 4.57 Å². The molecule has 5 rings (SSSR count). The number of rotatable bonds is 6. The highest BCUT2D eigenvalue weighted by Gasteiger charge is 2.15. The van der Waals surface area contributed by atoms with Crippen LogP contribution in [0.25, 0.3) is 22.0 Å². The number of carbonyl (C=O) groups is 1. The fourth-order valence-corrected chi connectivity index (χ4v) is 4.18. The summed E-state index contributed by atoms with van der Waals surface area (Å²) in [7, 11) is 0. The van der Waals surface area contributed by atoms with E-state index < -0.39 is 11.2 Å². The van der Waals surface area contributed by atoms with Crippen molar-refractivity contribution >= 4 is 23.2 Å². The lowest BCUT2D eigenvalue weighted by Gasteiger charge is -2.27. The summed E-state index contributed by atoms with van der Waals surface area (Å²) < 4.78 is 26.4. The van der Waals surface area contributed by atoms with Gasteiger partial charge in [0.25, 0.3) is 6.47 Å². The van der Waals surface area contributed by atoms with Gasteiger partial charge in [0.2, 0.25) is 5.43 Å². The van der Waals surface area contributed by atoms with Gasteiger partial charge in [-0.2, -0.15) is 0 Å². The van der Waals surface area contributed by atoms with Gasteiger partial charge in [0.05, 0.1) is 30.3 Å². The minimum Gasteiger partial charge on any atom is -0.423 e. The maximum absolute atomic E-state index is 14.6. The van der Waals surface area contributed by atoms with Crippen molar-refractivity contribution in [2.24, 2.45) is 0 Å². The molecule has 34 heavy (non-hydrogen) atoms. The van der Waals surface area contributed by atoms with Crippen molar-refractivity contribution in [1.82, 2.24) is 9.55 Å². The molecule has 1 aliphatic rings. The highest BCUT2D eigenvalue weighted by atomic mass is 19.1. The van der Waals surface area contributed by atoms with Crippen molar-refractivity contribution in [3.8, 4) is 16.9 Å². The summed E-state index contributed by atoms with van der Waals surface area (Å²) in [6.45, 7) is 3.58. The van der Waals surface area contributed by atoms with Crippen LogP contribution in [0.15, 0.2) is 71.8 Å². The van der Waals surface area contributed by atoms with Gasteiger partial charge in [0.1, 0.15) is 11.6 Å². The first-order valence-corrected chi connectivity index (χ1v) is 10.9. The maximum atomic E-state index is 14.6. The molecule has 0 N–H and O–H groups in total. The Bertz CT molecular complexity index is 1380. The number of morpholine rings is 1. The van der Waals surface area contributed by atoms with E-state index in [1.807, 2.05) is 42.6 Å². The molecular weight excluding hydrogens is 437 g/mol. The summed E-state index contributed by atoms with van der Waals surface area (Å²) in [6.07, 6.45) is 3.22. The van der Waals surface area contributed by atoms with Gasteiger partial charge in [-0.1, -0.05) is 30.3 Å². The van der Waals surface area contributed by atoms with Gasteiger partial charge in [-0.15, -0.1) is 0 Å². The van der Waals surface area contributed by atoms with Crippen LogP contribution < -0.4 is 15.1 Å². The average Bonchev–Trinajstić information content (AvgIpc) is 2.88. The molecule has 0 aliphatic carbocycles. The Balaban J connectivity index is 1.41. The lowest BCUT2D eigenvalue weighted by molar-refractivity contribution is -0.120. The van der Waals surface area contributed by atoms with Crippen LogP contribution in [0.3, 0.4) is 0 Å². The first-order valence-electron chi connectivity index (χ1n) is 10.9. The van der Waals surface area contributed by atoms with E-state index in [2.05, 4.69) is 9.88 Å². The van der Waals surface area contributed by atoms with Gasteiger partial charge in [-0.3, -0.25) is 9.59 Å². The van der Waals surface area contributed by atoms with Gasteiger partial charge in [0, 0.05) is 31.4 Å². The number of pyridine rings is 2. The maximum Gasteiger partial charge on any atom is 0.298 e. The number of ether oxygens (including phenoxy) is 2. The molecular formula is C26H22FN3O4. The van der Waals surface area contributed by atoms with E-state index in [0.717, 1.165) is 35.6 Å². The van der Waals surface area contributed by atoms with Crippen LogP contribution in [-0.4, -0.2) is 42.3 Å². The Hall–Kier alpha value is -4.04. The highest BCUT2D eigenvalue weighted by molar-refractivity contribution is 5.81. The van der Waals surface area contributed by atoms with Crippen LogP contribution in [0.2, 0.25) is 0 Å². The number of para-hydroxylation sites is 1. The van der Waals surface area contributed by atoms with Crippen LogP contribution >= 0.6 is 0 Å². The van der Waals surface area contributed by atoms with E-state index in [0.29, 0.717) is 19.8 Å². The Labute approximate surface area is 195 Å². The molecule has 3 heterocycles. The lowest BCUT2D eigenvalue weighted by Crippen LogP contribution is -2.36. The summed E-state index contributed by atoms with van der Waals surface area (Å²) in [5, 5.41) is 0.155. The van der Waals surface area contributed by atoms with Gasteiger partial charge < -0.3 is 18.9 Å². The molecule has 172 valence electrons. The fourth-order valence-electron chi connectivity index (χ4n) is 4.18. The molecule has 0 saturated carbocycles. The summed E-state index contributed by atoms with van der Waals surface area (Å²) in [5.74, 6) is 0.274. The Morgan fingerprint density at radius 1 is 1.03 bits per heavy atom. The molecule has 8 heteroatoms. The first kappa shape index (κ1) is 21.8. The second-order valence-corrected chi connectivity index (χ2v) is 8.00. The molecule has 1 saturated heterocycles. The molecule has 4 aromatic rings. The van der Waals surface area contributed by atoms with Crippen molar-refractivity contribution in [2.45, 2.75) is 6.54 Å². The molecule has 0 amide bonds. The van der Waals surface area contributed by atoms with Gasteiger partial charge in [-0.05, 0) is 35.4 Å². The third kappa shape index (κ3) is 4.27. The van der Waals surface area contributed by atoms with Gasteiger partial charge in [0.15, 0.2) is 5.75 Å². The number of fused-ring (bicyclic) bond motifs is 1. The molecule has 1 aliphatic heterocycles. The molecule has 0 unspecified atom stereocenters. The standard InChI is InChI=1S/C26H22FN3O4/c27-22-3-1-2-21-25(22)30(16-23(26(21)32)34-17-31)15-18-4-6-19(7-5-18)20-8-9-24(28-14-20)29-10-12-33-13-11-29/h1-9,14,16-17H,10-13,15H2. The van der Waals surface area contributed by atoms with Crippen LogP contribution in [-0.2, 0) is 16.1 Å². The molecule has 0 spiro atoms. The largest absolute Gasteiger partial charge is 0.423 e. The van der Waals surface area contributed by atoms with Crippen LogP contribution in [0.1, 0.15) is 5.56 Å². The lowest BCUT2D eigenvalue weighted by atomic mass is 10.1. The topological polar surface area (TPSA) is 73.7 Å². The predicted molar refractivity (Wildman–Crippen MR) is 127 cm³/mol. The molecule has 2 aromatic heterocycles.